The summed E-state index contributed by atoms with van der Waals surface area (Å²) >= 11 is 12.0. The van der Waals surface area contributed by atoms with Crippen molar-refractivity contribution in [1.29, 1.82) is 0 Å². The van der Waals surface area contributed by atoms with Crippen molar-refractivity contribution in [1.82, 2.24) is 14.7 Å². The van der Waals surface area contributed by atoms with E-state index >= 15 is 0 Å². The third kappa shape index (κ3) is 4.22. The van der Waals surface area contributed by atoms with E-state index in [2.05, 4.69) is 26.8 Å². The van der Waals surface area contributed by atoms with Crippen LogP contribution >= 0.6 is 23.2 Å². The first-order valence-electron chi connectivity index (χ1n) is 9.00. The van der Waals surface area contributed by atoms with Crippen molar-refractivity contribution in [3.8, 4) is 5.75 Å². The first-order chi connectivity index (χ1) is 13.1. The predicted molar refractivity (Wildman–Crippen MR) is 108 cm³/mol. The van der Waals surface area contributed by atoms with Crippen molar-refractivity contribution in [2.24, 2.45) is 0 Å². The number of aromatic nitrogens is 2. The minimum atomic E-state index is -0.604. The van der Waals surface area contributed by atoms with Gasteiger partial charge < -0.3 is 9.84 Å². The van der Waals surface area contributed by atoms with E-state index in [0.717, 1.165) is 30.4 Å². The number of β-amino-alcohol motifs (C(OH)–C–C–N with tert-alkyl or cyclic N) is 1. The number of ether oxygens (including phenoxy) is 1. The fourth-order valence-electron chi connectivity index (χ4n) is 3.59. The van der Waals surface area contributed by atoms with Crippen LogP contribution in [-0.4, -0.2) is 52.1 Å². The monoisotopic (exact) mass is 405 g/mol. The van der Waals surface area contributed by atoms with Gasteiger partial charge in [0.05, 0.1) is 22.8 Å². The van der Waals surface area contributed by atoms with Gasteiger partial charge in [-0.25, -0.2) is 0 Å². The van der Waals surface area contributed by atoms with Crippen molar-refractivity contribution in [2.45, 2.75) is 18.6 Å². The highest BCUT2D eigenvalue weighted by atomic mass is 35.5. The molecule has 0 spiro atoms. The average Bonchev–Trinajstić information content (AvgIpc) is 3.29. The van der Waals surface area contributed by atoms with Crippen molar-refractivity contribution in [3.05, 3.63) is 58.7 Å². The highest BCUT2D eigenvalue weighted by molar-refractivity contribution is 6.34. The van der Waals surface area contributed by atoms with Crippen LogP contribution in [-0.2, 0) is 0 Å². The molecule has 2 heterocycles. The first kappa shape index (κ1) is 18.6. The number of para-hydroxylation sites is 1. The standard InChI is InChI=1S/C20H21Cl2N3O2/c21-15-5-6-18(22)20(9-15)27-13-17(26)12-24-8-7-16(11-24)25-19-4-2-1-3-14(19)10-23-25/h1-6,9-10,16-17,26H,7-8,11-13H2. The van der Waals surface area contributed by atoms with Crippen molar-refractivity contribution >= 4 is 34.1 Å². The molecular formula is C20H21Cl2N3O2. The van der Waals surface area contributed by atoms with E-state index in [1.54, 1.807) is 18.2 Å². The molecule has 2 aromatic carbocycles. The molecule has 7 heteroatoms. The van der Waals surface area contributed by atoms with Gasteiger partial charge in [-0.15, -0.1) is 0 Å². The Labute approximate surface area is 168 Å². The van der Waals surface area contributed by atoms with E-state index in [9.17, 15) is 5.11 Å². The highest BCUT2D eigenvalue weighted by Gasteiger charge is 2.27. The SMILES string of the molecule is OC(COc1cc(Cl)ccc1Cl)CN1CCC(n2ncc3ccccc32)C1. The number of rotatable bonds is 6. The second kappa shape index (κ2) is 8.07. The lowest BCUT2D eigenvalue weighted by atomic mass is 10.2. The van der Waals surface area contributed by atoms with Gasteiger partial charge in [0.2, 0.25) is 0 Å². The molecule has 1 aromatic heterocycles. The molecule has 142 valence electrons. The van der Waals surface area contributed by atoms with Gasteiger partial charge in [0.1, 0.15) is 18.5 Å². The number of benzene rings is 2. The van der Waals surface area contributed by atoms with Crippen LogP contribution in [0.15, 0.2) is 48.7 Å². The lowest BCUT2D eigenvalue weighted by Gasteiger charge is -2.21. The van der Waals surface area contributed by atoms with E-state index < -0.39 is 6.10 Å². The minimum absolute atomic E-state index is 0.173. The normalized spacial score (nSPS) is 18.9. The van der Waals surface area contributed by atoms with Gasteiger partial charge in [0.25, 0.3) is 0 Å². The minimum Gasteiger partial charge on any atom is -0.489 e. The Bertz CT molecular complexity index is 930. The smallest absolute Gasteiger partial charge is 0.139 e. The summed E-state index contributed by atoms with van der Waals surface area (Å²) in [4.78, 5) is 2.24. The summed E-state index contributed by atoms with van der Waals surface area (Å²) in [5.41, 5.74) is 1.16. The summed E-state index contributed by atoms with van der Waals surface area (Å²) in [5.74, 6) is 0.491. The molecule has 27 heavy (non-hydrogen) atoms. The van der Waals surface area contributed by atoms with E-state index in [4.69, 9.17) is 27.9 Å². The molecule has 0 saturated carbocycles. The number of aliphatic hydroxyl groups is 1. The largest absolute Gasteiger partial charge is 0.489 e. The molecule has 1 N–H and O–H groups in total. The summed E-state index contributed by atoms with van der Waals surface area (Å²) < 4.78 is 7.74. The number of hydrogen-bond donors (Lipinski definition) is 1. The van der Waals surface area contributed by atoms with Crippen molar-refractivity contribution in [3.63, 3.8) is 0 Å². The van der Waals surface area contributed by atoms with Gasteiger partial charge in [-0.3, -0.25) is 9.58 Å². The fraction of sp³-hybridized carbons (Fsp3) is 0.350. The molecular weight excluding hydrogens is 385 g/mol. The molecule has 0 amide bonds. The van der Waals surface area contributed by atoms with Crippen molar-refractivity contribution < 1.29 is 9.84 Å². The molecule has 4 rings (SSSR count). The maximum Gasteiger partial charge on any atom is 0.139 e. The number of nitrogens with zero attached hydrogens (tertiary/aromatic N) is 3. The molecule has 2 unspecified atom stereocenters. The average molecular weight is 406 g/mol. The summed E-state index contributed by atoms with van der Waals surface area (Å²) in [7, 11) is 0. The zero-order valence-electron chi connectivity index (χ0n) is 14.8. The first-order valence-corrected chi connectivity index (χ1v) is 9.76. The summed E-state index contributed by atoms with van der Waals surface area (Å²) in [6.07, 6.45) is 2.32. The van der Waals surface area contributed by atoms with Crippen LogP contribution in [0.1, 0.15) is 12.5 Å². The van der Waals surface area contributed by atoms with Gasteiger partial charge in [-0.05, 0) is 24.6 Å². The molecule has 1 fully saturated rings. The van der Waals surface area contributed by atoms with Gasteiger partial charge in [-0.1, -0.05) is 41.4 Å². The zero-order chi connectivity index (χ0) is 18.8. The van der Waals surface area contributed by atoms with Crippen LogP contribution in [0.3, 0.4) is 0 Å². The summed E-state index contributed by atoms with van der Waals surface area (Å²) in [5, 5.41) is 17.1. The van der Waals surface area contributed by atoms with E-state index in [0.29, 0.717) is 28.4 Å². The molecule has 0 aliphatic carbocycles. The Morgan fingerprint density at radius 3 is 2.96 bits per heavy atom. The van der Waals surface area contributed by atoms with Crippen LogP contribution in [0.25, 0.3) is 10.9 Å². The molecule has 1 saturated heterocycles. The molecule has 2 atom stereocenters. The molecule has 1 aliphatic rings. The molecule has 0 radical (unpaired) electrons. The quantitative estimate of drug-likeness (QED) is 0.672. The molecule has 1 aliphatic heterocycles. The van der Waals surface area contributed by atoms with Crippen LogP contribution in [0.5, 0.6) is 5.75 Å². The summed E-state index contributed by atoms with van der Waals surface area (Å²) in [6.45, 7) is 2.51. The van der Waals surface area contributed by atoms with E-state index in [1.165, 1.54) is 0 Å². The van der Waals surface area contributed by atoms with Crippen LogP contribution < -0.4 is 4.74 Å². The second-order valence-electron chi connectivity index (χ2n) is 6.89. The van der Waals surface area contributed by atoms with Gasteiger partial charge >= 0.3 is 0 Å². The summed E-state index contributed by atoms with van der Waals surface area (Å²) in [6, 6.07) is 13.6. The lowest BCUT2D eigenvalue weighted by molar-refractivity contribution is 0.0748. The topological polar surface area (TPSA) is 50.5 Å². The van der Waals surface area contributed by atoms with Gasteiger partial charge in [-0.2, -0.15) is 5.10 Å². The lowest BCUT2D eigenvalue weighted by Crippen LogP contribution is -2.34. The molecule has 3 aromatic rings. The maximum absolute atomic E-state index is 10.4. The van der Waals surface area contributed by atoms with Gasteiger partial charge in [0, 0.05) is 36.1 Å². The predicted octanol–water partition coefficient (Wildman–Crippen LogP) is 4.03. The van der Waals surface area contributed by atoms with E-state index in [-0.39, 0.29) is 6.61 Å². The third-order valence-corrected chi connectivity index (χ3v) is 5.44. The Kier molecular flexibility index (Phi) is 5.55. The Morgan fingerprint density at radius 2 is 2.07 bits per heavy atom. The second-order valence-corrected chi connectivity index (χ2v) is 7.73. The molecule has 5 nitrogen and oxygen atoms in total. The van der Waals surface area contributed by atoms with E-state index in [1.807, 2.05) is 18.3 Å². The number of hydrogen-bond acceptors (Lipinski definition) is 4. The third-order valence-electron chi connectivity index (χ3n) is 4.89. The highest BCUT2D eigenvalue weighted by Crippen LogP contribution is 2.28. The van der Waals surface area contributed by atoms with Crippen LogP contribution in [0.4, 0.5) is 0 Å². The number of likely N-dealkylation sites (tertiary alicyclic amines) is 1. The number of halogens is 2. The Hall–Kier alpha value is -1.79. The van der Waals surface area contributed by atoms with Crippen LogP contribution in [0, 0.1) is 0 Å². The van der Waals surface area contributed by atoms with Crippen LogP contribution in [0.2, 0.25) is 10.0 Å². The number of fused-ring (bicyclic) bond motifs is 1. The zero-order valence-corrected chi connectivity index (χ0v) is 16.3. The Balaban J connectivity index is 1.32. The Morgan fingerprint density at radius 1 is 1.22 bits per heavy atom. The fourth-order valence-corrected chi connectivity index (χ4v) is 3.92. The van der Waals surface area contributed by atoms with Gasteiger partial charge in [0.15, 0.2) is 0 Å². The van der Waals surface area contributed by atoms with Crippen molar-refractivity contribution in [2.75, 3.05) is 26.2 Å². The molecule has 0 bridgehead atoms. The maximum atomic E-state index is 10.4. The number of aliphatic hydroxyl groups excluding tert-OH is 1.